The molecule has 1 atom stereocenters. The molecular weight excluding hydrogens is 240 g/mol. The van der Waals surface area contributed by atoms with E-state index in [2.05, 4.69) is 10.6 Å². The second-order valence-corrected chi connectivity index (χ2v) is 4.94. The molecule has 0 aliphatic carbocycles. The molecule has 19 heavy (non-hydrogen) atoms. The maximum absolute atomic E-state index is 12.1. The largest absolute Gasteiger partial charge is 0.494 e. The van der Waals surface area contributed by atoms with Crippen molar-refractivity contribution >= 4 is 11.6 Å². The fourth-order valence-corrected chi connectivity index (χ4v) is 2.34. The minimum absolute atomic E-state index is 0.0831. The number of carbonyl (C=O) groups is 1. The monoisotopic (exact) mass is 262 g/mol. The molecule has 2 N–H and O–H groups in total. The molecule has 2 rings (SSSR count). The van der Waals surface area contributed by atoms with Crippen LogP contribution in [-0.4, -0.2) is 25.6 Å². The minimum Gasteiger partial charge on any atom is -0.494 e. The van der Waals surface area contributed by atoms with Gasteiger partial charge >= 0.3 is 0 Å². The van der Waals surface area contributed by atoms with E-state index >= 15 is 0 Å². The van der Waals surface area contributed by atoms with E-state index in [0.29, 0.717) is 6.61 Å². The maximum atomic E-state index is 12.1. The van der Waals surface area contributed by atoms with Crippen LogP contribution in [0.1, 0.15) is 25.3 Å². The number of aryl methyl sites for hydroxylation is 1. The van der Waals surface area contributed by atoms with Gasteiger partial charge in [0.1, 0.15) is 5.75 Å². The lowest BCUT2D eigenvalue weighted by Crippen LogP contribution is -2.37. The smallest absolute Gasteiger partial charge is 0.228 e. The highest BCUT2D eigenvalue weighted by atomic mass is 16.5. The Labute approximate surface area is 114 Å². The van der Waals surface area contributed by atoms with E-state index in [1.54, 1.807) is 0 Å². The van der Waals surface area contributed by atoms with E-state index in [-0.39, 0.29) is 11.8 Å². The molecule has 4 nitrogen and oxygen atoms in total. The van der Waals surface area contributed by atoms with Gasteiger partial charge in [0.15, 0.2) is 0 Å². The molecule has 0 aromatic heterocycles. The van der Waals surface area contributed by atoms with Crippen molar-refractivity contribution in [3.05, 3.63) is 23.8 Å². The molecule has 0 bridgehead atoms. The third kappa shape index (κ3) is 3.70. The minimum atomic E-state index is 0.0831. The average Bonchev–Trinajstić information content (AvgIpc) is 2.43. The number of hydrogen-bond donors (Lipinski definition) is 2. The summed E-state index contributed by atoms with van der Waals surface area (Å²) in [5.41, 5.74) is 1.90. The lowest BCUT2D eigenvalue weighted by atomic mass is 9.98. The maximum Gasteiger partial charge on any atom is 0.228 e. The van der Waals surface area contributed by atoms with E-state index in [1.165, 1.54) is 0 Å². The fraction of sp³-hybridized carbons (Fsp3) is 0.533. The zero-order chi connectivity index (χ0) is 13.7. The van der Waals surface area contributed by atoms with Crippen molar-refractivity contribution in [3.63, 3.8) is 0 Å². The summed E-state index contributed by atoms with van der Waals surface area (Å²) in [6.45, 7) is 6.39. The number of carbonyl (C=O) groups excluding carboxylic acids is 1. The Morgan fingerprint density at radius 2 is 2.37 bits per heavy atom. The SMILES string of the molecule is CCOc1ccc(NC(=O)C2CCCNC2)c(C)c1. The summed E-state index contributed by atoms with van der Waals surface area (Å²) in [6, 6.07) is 5.76. The van der Waals surface area contributed by atoms with E-state index in [9.17, 15) is 4.79 Å². The number of nitrogens with one attached hydrogen (secondary N) is 2. The molecule has 0 radical (unpaired) electrons. The van der Waals surface area contributed by atoms with Gasteiger partial charge in [-0.1, -0.05) is 0 Å². The molecule has 1 saturated heterocycles. The highest BCUT2D eigenvalue weighted by Gasteiger charge is 2.21. The van der Waals surface area contributed by atoms with Crippen molar-refractivity contribution in [2.75, 3.05) is 25.0 Å². The van der Waals surface area contributed by atoms with Crippen molar-refractivity contribution in [1.82, 2.24) is 5.32 Å². The molecule has 0 spiro atoms. The van der Waals surface area contributed by atoms with E-state index in [1.807, 2.05) is 32.0 Å². The first-order chi connectivity index (χ1) is 9.20. The predicted octanol–water partition coefficient (Wildman–Crippen LogP) is 2.33. The highest BCUT2D eigenvalue weighted by molar-refractivity contribution is 5.93. The molecule has 1 amide bonds. The molecule has 1 heterocycles. The summed E-state index contributed by atoms with van der Waals surface area (Å²) in [5, 5.41) is 6.28. The van der Waals surface area contributed by atoms with Crippen molar-refractivity contribution in [2.45, 2.75) is 26.7 Å². The number of amides is 1. The van der Waals surface area contributed by atoms with E-state index in [4.69, 9.17) is 4.74 Å². The predicted molar refractivity (Wildman–Crippen MR) is 76.6 cm³/mol. The summed E-state index contributed by atoms with van der Waals surface area (Å²) in [7, 11) is 0. The Morgan fingerprint density at radius 3 is 3.00 bits per heavy atom. The fourth-order valence-electron chi connectivity index (χ4n) is 2.34. The van der Waals surface area contributed by atoms with Gasteiger partial charge in [-0.2, -0.15) is 0 Å². The molecule has 4 heteroatoms. The topological polar surface area (TPSA) is 50.4 Å². The van der Waals surface area contributed by atoms with Crippen LogP contribution in [0.15, 0.2) is 18.2 Å². The van der Waals surface area contributed by atoms with E-state index < -0.39 is 0 Å². The lowest BCUT2D eigenvalue weighted by molar-refractivity contribution is -0.120. The van der Waals surface area contributed by atoms with Crippen molar-refractivity contribution in [1.29, 1.82) is 0 Å². The van der Waals surface area contributed by atoms with Crippen molar-refractivity contribution in [3.8, 4) is 5.75 Å². The number of benzene rings is 1. The summed E-state index contributed by atoms with van der Waals surface area (Å²) < 4.78 is 5.44. The van der Waals surface area contributed by atoms with Gasteiger partial charge < -0.3 is 15.4 Å². The van der Waals surface area contributed by atoms with Gasteiger partial charge in [-0.25, -0.2) is 0 Å². The Morgan fingerprint density at radius 1 is 1.53 bits per heavy atom. The Balaban J connectivity index is 2.00. The Bertz CT molecular complexity index is 440. The quantitative estimate of drug-likeness (QED) is 0.875. The van der Waals surface area contributed by atoms with Gasteiger partial charge in [0.05, 0.1) is 12.5 Å². The Kier molecular flexibility index (Phi) is 4.80. The third-order valence-electron chi connectivity index (χ3n) is 3.43. The van der Waals surface area contributed by atoms with Crippen molar-refractivity contribution in [2.24, 2.45) is 5.92 Å². The van der Waals surface area contributed by atoms with Crippen LogP contribution < -0.4 is 15.4 Å². The van der Waals surface area contributed by atoms with Crippen LogP contribution in [0.25, 0.3) is 0 Å². The normalized spacial score (nSPS) is 18.9. The molecule has 104 valence electrons. The second-order valence-electron chi connectivity index (χ2n) is 4.94. The molecule has 1 aliphatic heterocycles. The van der Waals surface area contributed by atoms with Crippen LogP contribution >= 0.6 is 0 Å². The van der Waals surface area contributed by atoms with Crippen LogP contribution in [0.3, 0.4) is 0 Å². The van der Waals surface area contributed by atoms with Gasteiger partial charge in [-0.15, -0.1) is 0 Å². The first-order valence-electron chi connectivity index (χ1n) is 6.95. The third-order valence-corrected chi connectivity index (χ3v) is 3.43. The van der Waals surface area contributed by atoms with Gasteiger partial charge in [0.2, 0.25) is 5.91 Å². The van der Waals surface area contributed by atoms with Crippen LogP contribution in [0.4, 0.5) is 5.69 Å². The first-order valence-corrected chi connectivity index (χ1v) is 6.95. The van der Waals surface area contributed by atoms with Crippen LogP contribution in [-0.2, 0) is 4.79 Å². The molecule has 1 unspecified atom stereocenters. The lowest BCUT2D eigenvalue weighted by Gasteiger charge is -2.22. The van der Waals surface area contributed by atoms with Crippen molar-refractivity contribution < 1.29 is 9.53 Å². The second kappa shape index (κ2) is 6.57. The summed E-state index contributed by atoms with van der Waals surface area (Å²) in [5.74, 6) is 1.04. The van der Waals surface area contributed by atoms with Gasteiger partial charge in [-0.3, -0.25) is 4.79 Å². The number of anilines is 1. The van der Waals surface area contributed by atoms with E-state index in [0.717, 1.165) is 42.9 Å². The van der Waals surface area contributed by atoms with Crippen LogP contribution in [0, 0.1) is 12.8 Å². The standard InChI is InChI=1S/C15H22N2O2/c1-3-19-13-6-7-14(11(2)9-13)17-15(18)12-5-4-8-16-10-12/h6-7,9,12,16H,3-5,8,10H2,1-2H3,(H,17,18). The van der Waals surface area contributed by atoms with Gasteiger partial charge in [0.25, 0.3) is 0 Å². The van der Waals surface area contributed by atoms with Crippen LogP contribution in [0.5, 0.6) is 5.75 Å². The highest BCUT2D eigenvalue weighted by Crippen LogP contribution is 2.22. The Hall–Kier alpha value is -1.55. The van der Waals surface area contributed by atoms with Gasteiger partial charge in [-0.05, 0) is 57.0 Å². The molecular formula is C15H22N2O2. The first kappa shape index (κ1) is 13.9. The summed E-state index contributed by atoms with van der Waals surface area (Å²) >= 11 is 0. The number of piperidine rings is 1. The molecule has 1 fully saturated rings. The zero-order valence-corrected chi connectivity index (χ0v) is 11.7. The van der Waals surface area contributed by atoms with Gasteiger partial charge in [0, 0.05) is 12.2 Å². The molecule has 1 aliphatic rings. The number of ether oxygens (including phenoxy) is 1. The number of hydrogen-bond acceptors (Lipinski definition) is 3. The molecule has 0 saturated carbocycles. The molecule has 1 aromatic carbocycles. The van der Waals surface area contributed by atoms with Crippen LogP contribution in [0.2, 0.25) is 0 Å². The zero-order valence-electron chi connectivity index (χ0n) is 11.7. The summed E-state index contributed by atoms with van der Waals surface area (Å²) in [6.07, 6.45) is 2.04. The average molecular weight is 262 g/mol. The summed E-state index contributed by atoms with van der Waals surface area (Å²) in [4.78, 5) is 12.1. The number of rotatable bonds is 4. The molecule has 1 aromatic rings.